The number of hydrogen-bond acceptors (Lipinski definition) is 3. The van der Waals surface area contributed by atoms with E-state index in [0.717, 1.165) is 21.5 Å². The summed E-state index contributed by atoms with van der Waals surface area (Å²) in [5.74, 6) is 0. The van der Waals surface area contributed by atoms with E-state index >= 15 is 0 Å². The molecule has 2 N–H and O–H groups in total. The topological polar surface area (TPSA) is 72.4 Å². The Labute approximate surface area is 122 Å². The Bertz CT molecular complexity index is 701. The Morgan fingerprint density at radius 1 is 1.29 bits per heavy atom. The van der Waals surface area contributed by atoms with Crippen LogP contribution in [0.25, 0.3) is 5.57 Å². The van der Waals surface area contributed by atoms with Gasteiger partial charge in [-0.25, -0.2) is 4.79 Å². The lowest BCUT2D eigenvalue weighted by molar-refractivity contribution is -0.483. The number of nitrogens with zero attached hydrogens (tertiary/aromatic N) is 1. The molecule has 0 radical (unpaired) electrons. The molecule has 1 aliphatic heterocycles. The van der Waals surface area contributed by atoms with Crippen LogP contribution in [0.15, 0.2) is 54.1 Å². The molecule has 1 aromatic carbocycles. The smallest absolute Gasteiger partial charge is 0.404 e. The quantitative estimate of drug-likeness (QED) is 0.867. The molecule has 2 aliphatic rings. The highest BCUT2D eigenvalue weighted by Crippen LogP contribution is 2.40. The molecule has 3 rings (SSSR count). The van der Waals surface area contributed by atoms with Crippen LogP contribution in [0.4, 0.5) is 10.5 Å². The molecule has 0 aromatic heterocycles. The van der Waals surface area contributed by atoms with Crippen LogP contribution in [-0.2, 0) is 4.74 Å². The Kier molecular flexibility index (Phi) is 3.39. The minimum Gasteiger partial charge on any atom is -0.449 e. The summed E-state index contributed by atoms with van der Waals surface area (Å²) in [6, 6.07) is 7.13. The molecule has 1 heterocycles. The molecule has 1 unspecified atom stereocenters. The number of primary amides is 1. The van der Waals surface area contributed by atoms with Crippen LogP contribution in [0.3, 0.4) is 0 Å². The van der Waals surface area contributed by atoms with Gasteiger partial charge < -0.3 is 10.5 Å². The molecule has 0 spiro atoms. The zero-order valence-corrected chi connectivity index (χ0v) is 11.4. The molecule has 0 saturated heterocycles. The van der Waals surface area contributed by atoms with Gasteiger partial charge in [0.1, 0.15) is 0 Å². The Balaban J connectivity index is 2.03. The van der Waals surface area contributed by atoms with Crippen molar-refractivity contribution in [2.24, 2.45) is 5.73 Å². The van der Waals surface area contributed by atoms with E-state index in [1.165, 1.54) is 0 Å². The Morgan fingerprint density at radius 2 is 2.10 bits per heavy atom. The number of rotatable bonds is 3. The molecule has 5 nitrogen and oxygen atoms in total. The SMILES string of the molecule is NC(=O)OCCC1=C2C=CC=CC2[N+](=O)c2ccccc21. The molecule has 0 saturated carbocycles. The van der Waals surface area contributed by atoms with Gasteiger partial charge in [-0.2, -0.15) is 0 Å². The van der Waals surface area contributed by atoms with Gasteiger partial charge in [-0.3, -0.25) is 0 Å². The fourth-order valence-electron chi connectivity index (χ4n) is 2.77. The fourth-order valence-corrected chi connectivity index (χ4v) is 2.77. The zero-order valence-electron chi connectivity index (χ0n) is 11.4. The molecule has 1 aromatic rings. The second-order valence-corrected chi connectivity index (χ2v) is 4.88. The minimum atomic E-state index is -0.786. The molecule has 106 valence electrons. The monoisotopic (exact) mass is 283 g/mol. The number of benzene rings is 1. The summed E-state index contributed by atoms with van der Waals surface area (Å²) in [5, 5.41) is 0. The number of para-hydroxylation sites is 1. The molecular formula is C16H15N2O3+. The highest BCUT2D eigenvalue weighted by molar-refractivity contribution is 5.80. The van der Waals surface area contributed by atoms with Gasteiger partial charge >= 0.3 is 6.09 Å². The van der Waals surface area contributed by atoms with Crippen molar-refractivity contribution in [2.45, 2.75) is 12.5 Å². The van der Waals surface area contributed by atoms with Crippen LogP contribution in [0.5, 0.6) is 0 Å². The van der Waals surface area contributed by atoms with Gasteiger partial charge in [-0.1, -0.05) is 30.4 Å². The third-order valence-electron chi connectivity index (χ3n) is 3.66. The lowest BCUT2D eigenvalue weighted by Gasteiger charge is -2.21. The average Bonchev–Trinajstić information content (AvgIpc) is 2.50. The third-order valence-corrected chi connectivity index (χ3v) is 3.66. The van der Waals surface area contributed by atoms with Gasteiger partial charge in [0.2, 0.25) is 0 Å². The first-order valence-corrected chi connectivity index (χ1v) is 6.74. The lowest BCUT2D eigenvalue weighted by Crippen LogP contribution is -2.27. The number of amides is 1. The first-order chi connectivity index (χ1) is 10.2. The van der Waals surface area contributed by atoms with Gasteiger partial charge in [0, 0.05) is 27.7 Å². The number of carbonyl (C=O) groups excluding carboxylic acids is 1. The number of nitroso groups, excluding NO2 is 1. The standard InChI is InChI=1S/C16H14N2O3/c17-16(19)21-10-9-11-12-5-1-3-7-14(12)18(20)15-8-4-2-6-13(11)15/h1-8,14H,9-10H2,(H-,17,19)/p+1. The van der Waals surface area contributed by atoms with E-state index in [-0.39, 0.29) is 12.6 Å². The van der Waals surface area contributed by atoms with Crippen LogP contribution < -0.4 is 5.73 Å². The first-order valence-electron chi connectivity index (χ1n) is 6.74. The van der Waals surface area contributed by atoms with E-state index in [0.29, 0.717) is 12.1 Å². The summed E-state index contributed by atoms with van der Waals surface area (Å²) < 4.78 is 5.85. The Hall–Kier alpha value is -2.69. The largest absolute Gasteiger partial charge is 0.449 e. The molecular weight excluding hydrogens is 268 g/mol. The van der Waals surface area contributed by atoms with Crippen molar-refractivity contribution in [1.82, 2.24) is 0 Å². The fraction of sp³-hybridized carbons (Fsp3) is 0.188. The van der Waals surface area contributed by atoms with E-state index in [9.17, 15) is 9.70 Å². The molecule has 1 aliphatic carbocycles. The predicted molar refractivity (Wildman–Crippen MR) is 78.9 cm³/mol. The summed E-state index contributed by atoms with van der Waals surface area (Å²) in [4.78, 5) is 23.2. The van der Waals surface area contributed by atoms with E-state index in [2.05, 4.69) is 0 Å². The first kappa shape index (κ1) is 13.3. The van der Waals surface area contributed by atoms with Gasteiger partial charge in [-0.05, 0) is 17.7 Å². The van der Waals surface area contributed by atoms with Crippen LogP contribution in [0.1, 0.15) is 12.0 Å². The summed E-state index contributed by atoms with van der Waals surface area (Å²) in [6.07, 6.45) is 7.31. The number of hydrogen-bond donors (Lipinski definition) is 1. The maximum atomic E-state index is 12.5. The maximum absolute atomic E-state index is 12.5. The minimum absolute atomic E-state index is 0.200. The van der Waals surface area contributed by atoms with Crippen molar-refractivity contribution >= 4 is 17.4 Å². The predicted octanol–water partition coefficient (Wildman–Crippen LogP) is 2.84. The number of allylic oxidation sites excluding steroid dienone is 2. The van der Waals surface area contributed by atoms with Crippen molar-refractivity contribution < 1.29 is 14.3 Å². The lowest BCUT2D eigenvalue weighted by atomic mass is 9.86. The molecule has 21 heavy (non-hydrogen) atoms. The summed E-state index contributed by atoms with van der Waals surface area (Å²) in [7, 11) is 0. The van der Waals surface area contributed by atoms with E-state index in [1.54, 1.807) is 6.07 Å². The normalized spacial score (nSPS) is 19.2. The molecule has 0 fully saturated rings. The maximum Gasteiger partial charge on any atom is 0.404 e. The van der Waals surface area contributed by atoms with Crippen LogP contribution >= 0.6 is 0 Å². The summed E-state index contributed by atoms with van der Waals surface area (Å²) >= 11 is 0. The van der Waals surface area contributed by atoms with Crippen LogP contribution in [0.2, 0.25) is 0 Å². The third kappa shape index (κ3) is 2.38. The molecule has 0 bridgehead atoms. The summed E-state index contributed by atoms with van der Waals surface area (Å²) in [5.41, 5.74) is 8.48. The zero-order chi connectivity index (χ0) is 14.8. The van der Waals surface area contributed by atoms with Crippen molar-refractivity contribution in [3.05, 3.63) is 64.6 Å². The van der Waals surface area contributed by atoms with Gasteiger partial charge in [-0.15, -0.1) is 0 Å². The number of fused-ring (bicyclic) bond motifs is 2. The average molecular weight is 283 g/mol. The number of carbonyl (C=O) groups is 1. The van der Waals surface area contributed by atoms with E-state index in [4.69, 9.17) is 10.5 Å². The van der Waals surface area contributed by atoms with Crippen molar-refractivity contribution in [2.75, 3.05) is 6.61 Å². The Morgan fingerprint density at radius 3 is 2.90 bits per heavy atom. The summed E-state index contributed by atoms with van der Waals surface area (Å²) in [6.45, 7) is 0.200. The molecule has 5 heteroatoms. The second-order valence-electron chi connectivity index (χ2n) is 4.88. The highest BCUT2D eigenvalue weighted by Gasteiger charge is 2.38. The highest BCUT2D eigenvalue weighted by atomic mass is 16.5. The van der Waals surface area contributed by atoms with Gasteiger partial charge in [0.05, 0.1) is 12.2 Å². The van der Waals surface area contributed by atoms with E-state index < -0.39 is 6.09 Å². The van der Waals surface area contributed by atoms with Crippen molar-refractivity contribution in [3.8, 4) is 0 Å². The van der Waals surface area contributed by atoms with Crippen molar-refractivity contribution in [1.29, 1.82) is 0 Å². The van der Waals surface area contributed by atoms with Crippen LogP contribution in [0, 0.1) is 4.91 Å². The number of nitrogens with two attached hydrogens (primary N) is 1. The van der Waals surface area contributed by atoms with Crippen LogP contribution in [-0.4, -0.2) is 23.5 Å². The van der Waals surface area contributed by atoms with Gasteiger partial charge in [0.15, 0.2) is 0 Å². The number of ether oxygens (including phenoxy) is 1. The van der Waals surface area contributed by atoms with Gasteiger partial charge in [0.25, 0.3) is 11.7 Å². The molecule has 1 atom stereocenters. The second kappa shape index (κ2) is 5.36. The van der Waals surface area contributed by atoms with Crippen molar-refractivity contribution in [3.63, 3.8) is 0 Å². The van der Waals surface area contributed by atoms with E-state index in [1.807, 2.05) is 42.5 Å². The molecule has 1 amide bonds.